The van der Waals surface area contributed by atoms with Gasteiger partial charge < -0.3 is 10.7 Å². The number of nitrogens with two attached hydrogens (primary N) is 1. The second kappa shape index (κ2) is 14.1. The maximum absolute atomic E-state index is 6.04. The van der Waals surface area contributed by atoms with E-state index in [0.717, 1.165) is 31.6 Å². The zero-order valence-corrected chi connectivity index (χ0v) is 17.8. The van der Waals surface area contributed by atoms with E-state index in [0.29, 0.717) is 17.7 Å². The number of nitrogens with one attached hydrogen (secondary N) is 2. The molecule has 1 aromatic carbocycles. The highest BCUT2D eigenvalue weighted by Crippen LogP contribution is 2.22. The summed E-state index contributed by atoms with van der Waals surface area (Å²) < 4.78 is 0. The first-order valence-corrected chi connectivity index (χ1v) is 9.78. The van der Waals surface area contributed by atoms with Crippen LogP contribution in [0.2, 0.25) is 0 Å². The SMILES string of the molecule is C=C(/N=C(\C)[C@H](CNCc1ccccc1)C(CC)CC)N(N)C(C)C.C=N. The average Bonchev–Trinajstić information content (AvgIpc) is 2.69. The number of hydrogen-bond donors (Lipinski definition) is 3. The summed E-state index contributed by atoms with van der Waals surface area (Å²) in [5, 5.41) is 10.7. The van der Waals surface area contributed by atoms with Crippen molar-refractivity contribution in [1.29, 1.82) is 5.41 Å². The topological polar surface area (TPSA) is 77.5 Å². The van der Waals surface area contributed by atoms with Crippen LogP contribution in [-0.4, -0.2) is 30.0 Å². The molecule has 0 heterocycles. The summed E-state index contributed by atoms with van der Waals surface area (Å²) in [6, 6.07) is 10.7. The quantitative estimate of drug-likeness (QED) is 0.301. The van der Waals surface area contributed by atoms with Crippen molar-refractivity contribution in [3.05, 3.63) is 48.3 Å². The molecule has 1 atom stereocenters. The monoisotopic (exact) mass is 373 g/mol. The Morgan fingerprint density at radius 2 is 1.74 bits per heavy atom. The molecule has 0 amide bonds. The fraction of sp³-hybridized carbons (Fsp3) is 0.545. The van der Waals surface area contributed by atoms with Crippen molar-refractivity contribution >= 4 is 12.4 Å². The molecular formula is C22H39N5. The van der Waals surface area contributed by atoms with Crippen LogP contribution in [0, 0.1) is 17.2 Å². The van der Waals surface area contributed by atoms with Gasteiger partial charge in [0.15, 0.2) is 0 Å². The zero-order valence-electron chi connectivity index (χ0n) is 17.8. The van der Waals surface area contributed by atoms with Crippen LogP contribution in [0.25, 0.3) is 0 Å². The number of aliphatic imine (C=N–C) groups is 1. The predicted molar refractivity (Wildman–Crippen MR) is 119 cm³/mol. The minimum absolute atomic E-state index is 0.187. The molecule has 0 aliphatic heterocycles. The van der Waals surface area contributed by atoms with Crippen molar-refractivity contribution in [2.45, 2.75) is 60.0 Å². The van der Waals surface area contributed by atoms with Gasteiger partial charge in [-0.25, -0.2) is 10.8 Å². The molecule has 0 aliphatic carbocycles. The van der Waals surface area contributed by atoms with Crippen LogP contribution in [0.15, 0.2) is 47.7 Å². The molecule has 27 heavy (non-hydrogen) atoms. The van der Waals surface area contributed by atoms with Gasteiger partial charge in [-0.1, -0.05) is 63.6 Å². The van der Waals surface area contributed by atoms with Crippen molar-refractivity contribution in [1.82, 2.24) is 10.3 Å². The van der Waals surface area contributed by atoms with Crippen LogP contribution < -0.4 is 11.2 Å². The normalized spacial score (nSPS) is 12.5. The third-order valence-electron chi connectivity index (χ3n) is 4.85. The molecule has 0 saturated carbocycles. The minimum atomic E-state index is 0.187. The van der Waals surface area contributed by atoms with Crippen molar-refractivity contribution in [2.75, 3.05) is 6.54 Å². The summed E-state index contributed by atoms with van der Waals surface area (Å²) in [7, 11) is 0. The van der Waals surface area contributed by atoms with Gasteiger partial charge in [-0.15, -0.1) is 0 Å². The molecule has 5 heteroatoms. The van der Waals surface area contributed by atoms with E-state index in [1.165, 1.54) is 5.56 Å². The zero-order chi connectivity index (χ0) is 20.8. The number of benzene rings is 1. The third kappa shape index (κ3) is 8.98. The second-order valence-electron chi connectivity index (χ2n) is 6.97. The summed E-state index contributed by atoms with van der Waals surface area (Å²) in [5.74, 6) is 7.65. The van der Waals surface area contributed by atoms with E-state index in [4.69, 9.17) is 16.2 Å². The molecule has 152 valence electrons. The molecule has 0 aromatic heterocycles. The molecule has 4 N–H and O–H groups in total. The molecule has 0 radical (unpaired) electrons. The van der Waals surface area contributed by atoms with E-state index < -0.39 is 0 Å². The van der Waals surface area contributed by atoms with Gasteiger partial charge in [0.05, 0.1) is 0 Å². The van der Waals surface area contributed by atoms with Crippen molar-refractivity contribution in [2.24, 2.45) is 22.7 Å². The molecule has 5 nitrogen and oxygen atoms in total. The highest BCUT2D eigenvalue weighted by Gasteiger charge is 2.22. The summed E-state index contributed by atoms with van der Waals surface area (Å²) in [6.07, 6.45) is 2.29. The highest BCUT2D eigenvalue weighted by atomic mass is 15.5. The highest BCUT2D eigenvalue weighted by molar-refractivity contribution is 5.85. The Kier molecular flexibility index (Phi) is 13.1. The van der Waals surface area contributed by atoms with E-state index >= 15 is 0 Å². The van der Waals surface area contributed by atoms with Crippen molar-refractivity contribution in [3.8, 4) is 0 Å². The number of hydrogen-bond acceptors (Lipinski definition) is 5. The molecule has 1 aromatic rings. The van der Waals surface area contributed by atoms with Gasteiger partial charge in [-0.2, -0.15) is 0 Å². The van der Waals surface area contributed by atoms with Crippen molar-refractivity contribution < 1.29 is 0 Å². The van der Waals surface area contributed by atoms with Crippen LogP contribution in [0.5, 0.6) is 0 Å². The average molecular weight is 374 g/mol. The van der Waals surface area contributed by atoms with Crippen LogP contribution in [0.3, 0.4) is 0 Å². The minimum Gasteiger partial charge on any atom is -0.317 e. The Bertz CT molecular complexity index is 549. The van der Waals surface area contributed by atoms with Crippen LogP contribution in [-0.2, 0) is 6.54 Å². The molecular weight excluding hydrogens is 334 g/mol. The largest absolute Gasteiger partial charge is 0.317 e. The summed E-state index contributed by atoms with van der Waals surface area (Å²) >= 11 is 0. The summed E-state index contributed by atoms with van der Waals surface area (Å²) in [4.78, 5) is 4.72. The number of nitrogens with zero attached hydrogens (tertiary/aromatic N) is 2. The molecule has 0 unspecified atom stereocenters. The van der Waals surface area contributed by atoms with Gasteiger partial charge in [0, 0.05) is 30.8 Å². The maximum Gasteiger partial charge on any atom is 0.135 e. The maximum atomic E-state index is 6.04. The Labute approximate surface area is 166 Å². The van der Waals surface area contributed by atoms with E-state index in [1.807, 2.05) is 19.9 Å². The smallest absolute Gasteiger partial charge is 0.135 e. The van der Waals surface area contributed by atoms with Crippen LogP contribution in [0.1, 0.15) is 53.0 Å². The molecule has 1 rings (SSSR count). The van der Waals surface area contributed by atoms with E-state index in [-0.39, 0.29) is 6.04 Å². The van der Waals surface area contributed by atoms with Gasteiger partial charge in [-0.3, -0.25) is 5.01 Å². The van der Waals surface area contributed by atoms with Crippen molar-refractivity contribution in [3.63, 3.8) is 0 Å². The fourth-order valence-electron chi connectivity index (χ4n) is 3.12. The lowest BCUT2D eigenvalue weighted by Gasteiger charge is -2.28. The van der Waals surface area contributed by atoms with Gasteiger partial charge >= 0.3 is 0 Å². The van der Waals surface area contributed by atoms with E-state index in [2.05, 4.69) is 63.6 Å². The van der Waals surface area contributed by atoms with E-state index in [9.17, 15) is 0 Å². The Morgan fingerprint density at radius 1 is 1.19 bits per heavy atom. The number of hydrazine groups is 1. The number of rotatable bonds is 11. The third-order valence-corrected chi connectivity index (χ3v) is 4.85. The first-order chi connectivity index (χ1) is 12.9. The van der Waals surface area contributed by atoms with Gasteiger partial charge in [0.2, 0.25) is 0 Å². The fourth-order valence-corrected chi connectivity index (χ4v) is 3.12. The molecule has 0 spiro atoms. The standard InChI is InChI=1S/C21H36N4.CH3N/c1-7-20(8-2)21(15-23-14-19-12-10-9-11-13-19)17(5)24-18(6)25(22)16(3)4;1-2/h9-13,16,20-21,23H,6-8,14-15,22H2,1-5H3;2H,1H2/b24-17+;/t21-;/m0./s1. The summed E-state index contributed by atoms with van der Waals surface area (Å²) in [6.45, 7) is 19.0. The van der Waals surface area contributed by atoms with Crippen LogP contribution >= 0.6 is 0 Å². The molecule has 0 fully saturated rings. The first kappa shape index (κ1) is 25.0. The second-order valence-corrected chi connectivity index (χ2v) is 6.97. The van der Waals surface area contributed by atoms with Gasteiger partial charge in [0.25, 0.3) is 0 Å². The first-order valence-electron chi connectivity index (χ1n) is 9.78. The molecule has 0 bridgehead atoms. The predicted octanol–water partition coefficient (Wildman–Crippen LogP) is 4.61. The van der Waals surface area contributed by atoms with Crippen LogP contribution in [0.4, 0.5) is 0 Å². The lowest BCUT2D eigenvalue weighted by atomic mass is 9.84. The Hall–Kier alpha value is -1.98. The Balaban J connectivity index is 0.00000326. The lowest BCUT2D eigenvalue weighted by Crippen LogP contribution is -2.37. The molecule has 0 aliphatic rings. The van der Waals surface area contributed by atoms with E-state index in [1.54, 1.807) is 5.01 Å². The summed E-state index contributed by atoms with van der Waals surface area (Å²) in [5.41, 5.74) is 2.41. The van der Waals surface area contributed by atoms with Gasteiger partial charge in [-0.05, 0) is 39.0 Å². The lowest BCUT2D eigenvalue weighted by molar-refractivity contribution is 0.291. The Morgan fingerprint density at radius 3 is 2.22 bits per heavy atom. The van der Waals surface area contributed by atoms with Gasteiger partial charge in [0.1, 0.15) is 5.82 Å². The molecule has 0 saturated heterocycles.